The van der Waals surface area contributed by atoms with Gasteiger partial charge in [0.1, 0.15) is 5.54 Å². The molecule has 0 spiro atoms. The lowest BCUT2D eigenvalue weighted by Crippen LogP contribution is -2.59. The highest BCUT2D eigenvalue weighted by Gasteiger charge is 2.50. The first-order chi connectivity index (χ1) is 7.87. The fraction of sp³-hybridized carbons (Fsp3) is 0.929. The lowest BCUT2D eigenvalue weighted by Gasteiger charge is -2.46. The molecule has 0 saturated heterocycles. The minimum atomic E-state index is -0.433. The fourth-order valence-electron chi connectivity index (χ4n) is 3.71. The maximum absolute atomic E-state index is 12.2. The zero-order valence-corrected chi connectivity index (χ0v) is 11.5. The Morgan fingerprint density at radius 2 is 1.94 bits per heavy atom. The van der Waals surface area contributed by atoms with E-state index < -0.39 is 5.54 Å². The number of carbonyl (C=O) groups is 1. The molecule has 2 aliphatic rings. The van der Waals surface area contributed by atoms with Crippen LogP contribution in [0, 0.1) is 11.3 Å². The Kier molecular flexibility index (Phi) is 3.23. The summed E-state index contributed by atoms with van der Waals surface area (Å²) >= 11 is 0. The number of rotatable bonds is 3. The van der Waals surface area contributed by atoms with Crippen LogP contribution in [0.5, 0.6) is 0 Å². The molecule has 2 unspecified atom stereocenters. The van der Waals surface area contributed by atoms with E-state index in [2.05, 4.69) is 26.1 Å². The molecule has 0 radical (unpaired) electrons. The average Bonchev–Trinajstić information content (AvgIpc) is 2.96. The molecule has 0 bridgehead atoms. The molecule has 0 amide bonds. The Morgan fingerprint density at radius 3 is 2.41 bits per heavy atom. The molecule has 0 aromatic rings. The highest BCUT2D eigenvalue weighted by atomic mass is 16.5. The van der Waals surface area contributed by atoms with Gasteiger partial charge in [-0.05, 0) is 43.4 Å². The Hall–Kier alpha value is -0.570. The van der Waals surface area contributed by atoms with E-state index in [4.69, 9.17) is 4.74 Å². The van der Waals surface area contributed by atoms with E-state index in [-0.39, 0.29) is 11.4 Å². The largest absolute Gasteiger partial charge is 0.468 e. The second-order valence-corrected chi connectivity index (χ2v) is 6.85. The van der Waals surface area contributed by atoms with E-state index >= 15 is 0 Å². The van der Waals surface area contributed by atoms with E-state index in [0.717, 1.165) is 12.8 Å². The van der Waals surface area contributed by atoms with Crippen LogP contribution < -0.4 is 5.32 Å². The Bertz CT molecular complexity index is 305. The molecule has 2 rings (SSSR count). The highest BCUT2D eigenvalue weighted by molar-refractivity contribution is 5.81. The van der Waals surface area contributed by atoms with Gasteiger partial charge < -0.3 is 4.74 Å². The third-order valence-corrected chi connectivity index (χ3v) is 4.01. The third kappa shape index (κ3) is 2.82. The average molecular weight is 239 g/mol. The van der Waals surface area contributed by atoms with Crippen LogP contribution in [0.4, 0.5) is 0 Å². The molecule has 2 atom stereocenters. The van der Waals surface area contributed by atoms with Crippen molar-refractivity contribution in [3.8, 4) is 0 Å². The fourth-order valence-corrected chi connectivity index (χ4v) is 3.71. The smallest absolute Gasteiger partial charge is 0.326 e. The molecule has 2 fully saturated rings. The summed E-state index contributed by atoms with van der Waals surface area (Å²) in [5.74, 6) is 0.508. The van der Waals surface area contributed by atoms with Crippen molar-refractivity contribution in [2.45, 2.75) is 64.5 Å². The van der Waals surface area contributed by atoms with Crippen LogP contribution >= 0.6 is 0 Å². The Labute approximate surface area is 104 Å². The van der Waals surface area contributed by atoms with Gasteiger partial charge in [0.25, 0.3) is 0 Å². The summed E-state index contributed by atoms with van der Waals surface area (Å²) in [6, 6.07) is 0.537. The van der Waals surface area contributed by atoms with Gasteiger partial charge in [-0.2, -0.15) is 0 Å². The van der Waals surface area contributed by atoms with Crippen molar-refractivity contribution < 1.29 is 9.53 Å². The molecule has 17 heavy (non-hydrogen) atoms. The van der Waals surface area contributed by atoms with Gasteiger partial charge in [0.15, 0.2) is 0 Å². The maximum Gasteiger partial charge on any atom is 0.326 e. The van der Waals surface area contributed by atoms with E-state index in [0.29, 0.717) is 12.0 Å². The molecule has 2 aliphatic carbocycles. The topological polar surface area (TPSA) is 38.3 Å². The summed E-state index contributed by atoms with van der Waals surface area (Å²) in [5.41, 5.74) is -0.217. The maximum atomic E-state index is 12.2. The number of hydrogen-bond acceptors (Lipinski definition) is 3. The molecule has 2 saturated carbocycles. The summed E-state index contributed by atoms with van der Waals surface area (Å²) in [6.45, 7) is 6.76. The van der Waals surface area contributed by atoms with Crippen molar-refractivity contribution >= 4 is 5.97 Å². The van der Waals surface area contributed by atoms with Crippen molar-refractivity contribution in [1.29, 1.82) is 0 Å². The standard InChI is InChI=1S/C14H25NO2/c1-10-7-13(2,3)9-14(8-10,12(16)17-4)15-11-5-6-11/h10-11,15H,5-9H2,1-4H3. The van der Waals surface area contributed by atoms with Crippen molar-refractivity contribution in [1.82, 2.24) is 5.32 Å². The monoisotopic (exact) mass is 239 g/mol. The number of esters is 1. The van der Waals surface area contributed by atoms with Gasteiger partial charge in [-0.1, -0.05) is 20.8 Å². The normalized spacial score (nSPS) is 36.6. The summed E-state index contributed by atoms with van der Waals surface area (Å²) in [5, 5.41) is 3.57. The molecule has 0 heterocycles. The van der Waals surface area contributed by atoms with Crippen LogP contribution in [0.25, 0.3) is 0 Å². The van der Waals surface area contributed by atoms with Crippen molar-refractivity contribution in [3.05, 3.63) is 0 Å². The van der Waals surface area contributed by atoms with Crippen molar-refractivity contribution in [2.24, 2.45) is 11.3 Å². The van der Waals surface area contributed by atoms with Gasteiger partial charge in [0.2, 0.25) is 0 Å². The first kappa shape index (κ1) is 12.9. The molecule has 0 aromatic carbocycles. The van der Waals surface area contributed by atoms with Gasteiger partial charge in [0, 0.05) is 6.04 Å². The van der Waals surface area contributed by atoms with Gasteiger partial charge >= 0.3 is 5.97 Å². The molecule has 1 N–H and O–H groups in total. The molecular weight excluding hydrogens is 214 g/mol. The summed E-state index contributed by atoms with van der Waals surface area (Å²) in [4.78, 5) is 12.2. The van der Waals surface area contributed by atoms with Gasteiger partial charge in [0.05, 0.1) is 7.11 Å². The van der Waals surface area contributed by atoms with Crippen molar-refractivity contribution in [3.63, 3.8) is 0 Å². The van der Waals surface area contributed by atoms with Crippen LogP contribution in [-0.4, -0.2) is 24.7 Å². The number of carbonyl (C=O) groups excluding carboxylic acids is 1. The molecule has 0 aromatic heterocycles. The summed E-state index contributed by atoms with van der Waals surface area (Å²) in [7, 11) is 1.50. The highest BCUT2D eigenvalue weighted by Crippen LogP contribution is 2.45. The SMILES string of the molecule is COC(=O)C1(NC2CC2)CC(C)CC(C)(C)C1. The summed E-state index contributed by atoms with van der Waals surface area (Å²) in [6.07, 6.45) is 5.41. The number of nitrogens with one attached hydrogen (secondary N) is 1. The van der Waals surface area contributed by atoms with Crippen LogP contribution in [0.15, 0.2) is 0 Å². The molecule has 3 nitrogen and oxygen atoms in total. The quantitative estimate of drug-likeness (QED) is 0.769. The molecule has 98 valence electrons. The number of hydrogen-bond donors (Lipinski definition) is 1. The second-order valence-electron chi connectivity index (χ2n) is 6.85. The van der Waals surface area contributed by atoms with Crippen molar-refractivity contribution in [2.75, 3.05) is 7.11 Å². The molecular formula is C14H25NO2. The predicted molar refractivity (Wildman–Crippen MR) is 67.7 cm³/mol. The van der Waals surface area contributed by atoms with Gasteiger partial charge in [-0.25, -0.2) is 0 Å². The molecule has 0 aliphatic heterocycles. The van der Waals surface area contributed by atoms with E-state index in [9.17, 15) is 4.79 Å². The number of ether oxygens (including phenoxy) is 1. The third-order valence-electron chi connectivity index (χ3n) is 4.01. The lowest BCUT2D eigenvalue weighted by atomic mass is 9.64. The van der Waals surface area contributed by atoms with Crippen LogP contribution in [0.2, 0.25) is 0 Å². The Balaban J connectivity index is 2.21. The number of methoxy groups -OCH3 is 1. The zero-order valence-electron chi connectivity index (χ0n) is 11.5. The van der Waals surface area contributed by atoms with E-state index in [1.165, 1.54) is 26.4 Å². The van der Waals surface area contributed by atoms with Crippen LogP contribution in [-0.2, 0) is 9.53 Å². The minimum absolute atomic E-state index is 0.0657. The molecule has 3 heteroatoms. The van der Waals surface area contributed by atoms with Crippen LogP contribution in [0.3, 0.4) is 0 Å². The lowest BCUT2D eigenvalue weighted by molar-refractivity contribution is -0.153. The second kappa shape index (κ2) is 4.27. The van der Waals surface area contributed by atoms with Crippen LogP contribution in [0.1, 0.15) is 52.9 Å². The zero-order chi connectivity index (χ0) is 12.7. The van der Waals surface area contributed by atoms with E-state index in [1.807, 2.05) is 0 Å². The predicted octanol–water partition coefficient (Wildman–Crippen LogP) is 2.50. The van der Waals surface area contributed by atoms with Gasteiger partial charge in [-0.15, -0.1) is 0 Å². The van der Waals surface area contributed by atoms with Gasteiger partial charge in [-0.3, -0.25) is 10.1 Å². The Morgan fingerprint density at radius 1 is 1.29 bits per heavy atom. The first-order valence-corrected chi connectivity index (χ1v) is 6.73. The minimum Gasteiger partial charge on any atom is -0.468 e. The van der Waals surface area contributed by atoms with E-state index in [1.54, 1.807) is 0 Å². The first-order valence-electron chi connectivity index (χ1n) is 6.73. The summed E-state index contributed by atoms with van der Waals surface area (Å²) < 4.78 is 5.06.